The van der Waals surface area contributed by atoms with Gasteiger partial charge in [0.15, 0.2) is 0 Å². The summed E-state index contributed by atoms with van der Waals surface area (Å²) in [7, 11) is 0. The summed E-state index contributed by atoms with van der Waals surface area (Å²) in [5, 5.41) is 4.93. The maximum Gasteiger partial charge on any atom is 0.237 e. The molecule has 3 rings (SSSR count). The van der Waals surface area contributed by atoms with E-state index in [0.29, 0.717) is 16.5 Å². The van der Waals surface area contributed by atoms with Gasteiger partial charge in [-0.25, -0.2) is 9.97 Å². The minimum atomic E-state index is -0.304. The van der Waals surface area contributed by atoms with E-state index >= 15 is 0 Å². The van der Waals surface area contributed by atoms with Crippen molar-refractivity contribution in [1.82, 2.24) is 9.97 Å². The third kappa shape index (κ3) is 3.86. The monoisotopic (exact) mass is 357 g/mol. The summed E-state index contributed by atoms with van der Waals surface area (Å²) in [6.45, 7) is 3.71. The van der Waals surface area contributed by atoms with Crippen molar-refractivity contribution in [3.05, 3.63) is 59.4 Å². The normalized spacial score (nSPS) is 12.1. The van der Waals surface area contributed by atoms with Gasteiger partial charge in [0.05, 0.1) is 10.8 Å². The van der Waals surface area contributed by atoms with Gasteiger partial charge in [0, 0.05) is 16.1 Å². The molecule has 0 radical (unpaired) electrons. The predicted octanol–water partition coefficient (Wildman–Crippen LogP) is 4.71. The largest absolute Gasteiger partial charge is 0.325 e. The van der Waals surface area contributed by atoms with Crippen molar-refractivity contribution < 1.29 is 4.79 Å². The maximum atomic E-state index is 12.4. The van der Waals surface area contributed by atoms with E-state index in [-0.39, 0.29) is 11.2 Å². The van der Waals surface area contributed by atoms with Gasteiger partial charge in [0.1, 0.15) is 10.9 Å². The summed E-state index contributed by atoms with van der Waals surface area (Å²) in [5.74, 6) is 0.598. The summed E-state index contributed by atoms with van der Waals surface area (Å²) in [6, 6.07) is 14.9. The number of para-hydroxylation sites is 1. The lowest BCUT2D eigenvalue weighted by Crippen LogP contribution is -2.22. The highest BCUT2D eigenvalue weighted by atomic mass is 35.5. The first-order valence-corrected chi connectivity index (χ1v) is 8.75. The average molecular weight is 358 g/mol. The number of thioether (sulfide) groups is 1. The molecular formula is C18H16ClN3OS. The second kappa shape index (κ2) is 7.20. The lowest BCUT2D eigenvalue weighted by molar-refractivity contribution is -0.115. The van der Waals surface area contributed by atoms with Crippen molar-refractivity contribution in [1.29, 1.82) is 0 Å². The Morgan fingerprint density at radius 2 is 1.96 bits per heavy atom. The first kappa shape index (κ1) is 16.7. The van der Waals surface area contributed by atoms with Crippen molar-refractivity contribution in [2.45, 2.75) is 24.1 Å². The average Bonchev–Trinajstić information content (AvgIpc) is 2.54. The lowest BCUT2D eigenvalue weighted by atomic mass is 10.2. The van der Waals surface area contributed by atoms with Crippen molar-refractivity contribution in [2.75, 3.05) is 5.32 Å². The van der Waals surface area contributed by atoms with Crippen LogP contribution >= 0.6 is 23.4 Å². The summed E-state index contributed by atoms with van der Waals surface area (Å²) < 4.78 is 0. The maximum absolute atomic E-state index is 12.4. The Bertz CT molecular complexity index is 900. The molecule has 1 aromatic heterocycles. The zero-order chi connectivity index (χ0) is 17.1. The summed E-state index contributed by atoms with van der Waals surface area (Å²) >= 11 is 7.37. The zero-order valence-corrected chi connectivity index (χ0v) is 14.9. The smallest absolute Gasteiger partial charge is 0.237 e. The highest BCUT2D eigenvalue weighted by molar-refractivity contribution is 8.00. The van der Waals surface area contributed by atoms with E-state index in [1.165, 1.54) is 11.8 Å². The molecule has 0 spiro atoms. The molecular weight excluding hydrogens is 342 g/mol. The van der Waals surface area contributed by atoms with Crippen LogP contribution in [-0.4, -0.2) is 21.1 Å². The number of carbonyl (C=O) groups is 1. The fourth-order valence-corrected chi connectivity index (χ4v) is 3.45. The van der Waals surface area contributed by atoms with Gasteiger partial charge in [-0.2, -0.15) is 0 Å². The summed E-state index contributed by atoms with van der Waals surface area (Å²) in [6.07, 6.45) is 0. The van der Waals surface area contributed by atoms with Gasteiger partial charge in [-0.15, -0.1) is 0 Å². The Hall–Kier alpha value is -2.11. The Morgan fingerprint density at radius 1 is 1.17 bits per heavy atom. The van der Waals surface area contributed by atoms with Gasteiger partial charge in [0.2, 0.25) is 5.91 Å². The lowest BCUT2D eigenvalue weighted by Gasteiger charge is -2.13. The van der Waals surface area contributed by atoms with Crippen LogP contribution in [0.2, 0.25) is 5.02 Å². The molecule has 0 aliphatic carbocycles. The predicted molar refractivity (Wildman–Crippen MR) is 99.7 cm³/mol. The van der Waals surface area contributed by atoms with E-state index in [4.69, 9.17) is 11.6 Å². The third-order valence-corrected chi connectivity index (χ3v) is 4.77. The second-order valence-electron chi connectivity index (χ2n) is 5.35. The van der Waals surface area contributed by atoms with Crippen molar-refractivity contribution in [3.8, 4) is 0 Å². The number of nitrogens with one attached hydrogen (secondary N) is 1. The standard InChI is InChI=1S/C18H16ClN3OS/c1-11(17(23)22-14-7-5-6-13(19)10-14)24-18-15-8-3-4-9-16(15)20-12(2)21-18/h3-11H,1-2H3,(H,22,23)/t11-/m1/s1. The van der Waals surface area contributed by atoms with E-state index in [1.54, 1.807) is 18.2 Å². The number of rotatable bonds is 4. The number of hydrogen-bond acceptors (Lipinski definition) is 4. The molecule has 3 aromatic rings. The van der Waals surface area contributed by atoms with Crippen LogP contribution in [0.3, 0.4) is 0 Å². The molecule has 2 aromatic carbocycles. The number of halogens is 1. The minimum absolute atomic E-state index is 0.0948. The molecule has 122 valence electrons. The van der Waals surface area contributed by atoms with Crippen LogP contribution in [0, 0.1) is 6.92 Å². The highest BCUT2D eigenvalue weighted by Gasteiger charge is 2.17. The number of carbonyl (C=O) groups excluding carboxylic acids is 1. The van der Waals surface area contributed by atoms with Crippen molar-refractivity contribution in [3.63, 3.8) is 0 Å². The number of hydrogen-bond donors (Lipinski definition) is 1. The summed E-state index contributed by atoms with van der Waals surface area (Å²) in [5.41, 5.74) is 1.57. The van der Waals surface area contributed by atoms with Gasteiger partial charge in [-0.3, -0.25) is 4.79 Å². The molecule has 0 unspecified atom stereocenters. The van der Waals surface area contributed by atoms with E-state index in [9.17, 15) is 4.79 Å². The third-order valence-electron chi connectivity index (χ3n) is 3.43. The van der Waals surface area contributed by atoms with Crippen molar-refractivity contribution in [2.24, 2.45) is 0 Å². The first-order chi connectivity index (χ1) is 11.5. The molecule has 24 heavy (non-hydrogen) atoms. The molecule has 1 amide bonds. The van der Waals surface area contributed by atoms with Crippen LogP contribution in [0.4, 0.5) is 5.69 Å². The SMILES string of the molecule is Cc1nc(S[C@H](C)C(=O)Nc2cccc(Cl)c2)c2ccccc2n1. The highest BCUT2D eigenvalue weighted by Crippen LogP contribution is 2.29. The first-order valence-electron chi connectivity index (χ1n) is 7.49. The van der Waals surface area contributed by atoms with E-state index in [2.05, 4.69) is 15.3 Å². The van der Waals surface area contributed by atoms with Crippen LogP contribution in [0.25, 0.3) is 10.9 Å². The number of nitrogens with zero attached hydrogens (tertiary/aromatic N) is 2. The zero-order valence-electron chi connectivity index (χ0n) is 13.3. The number of fused-ring (bicyclic) bond motifs is 1. The number of aryl methyl sites for hydroxylation is 1. The topological polar surface area (TPSA) is 54.9 Å². The van der Waals surface area contributed by atoms with Crippen LogP contribution in [0.1, 0.15) is 12.7 Å². The molecule has 0 aliphatic heterocycles. The van der Waals surface area contributed by atoms with E-state index in [0.717, 1.165) is 15.9 Å². The number of amides is 1. The number of benzene rings is 2. The van der Waals surface area contributed by atoms with Gasteiger partial charge in [-0.05, 0) is 38.1 Å². The van der Waals surface area contributed by atoms with Gasteiger partial charge < -0.3 is 5.32 Å². The molecule has 1 heterocycles. The number of aromatic nitrogens is 2. The van der Waals surface area contributed by atoms with Crippen LogP contribution in [0.15, 0.2) is 53.6 Å². The molecule has 1 atom stereocenters. The fourth-order valence-electron chi connectivity index (χ4n) is 2.28. The second-order valence-corrected chi connectivity index (χ2v) is 7.12. The Morgan fingerprint density at radius 3 is 2.75 bits per heavy atom. The molecule has 4 nitrogen and oxygen atoms in total. The molecule has 0 saturated heterocycles. The fraction of sp³-hybridized carbons (Fsp3) is 0.167. The molecule has 6 heteroatoms. The molecule has 0 saturated carbocycles. The van der Waals surface area contributed by atoms with Crippen molar-refractivity contribution >= 4 is 45.9 Å². The van der Waals surface area contributed by atoms with Gasteiger partial charge in [0.25, 0.3) is 0 Å². The molecule has 0 fully saturated rings. The number of anilines is 1. The van der Waals surface area contributed by atoms with E-state index in [1.807, 2.05) is 44.2 Å². The Kier molecular flexibility index (Phi) is 5.02. The van der Waals surface area contributed by atoms with Crippen LogP contribution in [0.5, 0.6) is 0 Å². The molecule has 0 bridgehead atoms. The minimum Gasteiger partial charge on any atom is -0.325 e. The van der Waals surface area contributed by atoms with Gasteiger partial charge >= 0.3 is 0 Å². The Labute approximate surface area is 149 Å². The Balaban J connectivity index is 1.79. The summed E-state index contributed by atoms with van der Waals surface area (Å²) in [4.78, 5) is 21.4. The van der Waals surface area contributed by atoms with Gasteiger partial charge in [-0.1, -0.05) is 47.6 Å². The van der Waals surface area contributed by atoms with E-state index < -0.39 is 0 Å². The molecule has 0 aliphatic rings. The van der Waals surface area contributed by atoms with Crippen LogP contribution in [-0.2, 0) is 4.79 Å². The van der Waals surface area contributed by atoms with Crippen LogP contribution < -0.4 is 5.32 Å². The molecule has 1 N–H and O–H groups in total. The quantitative estimate of drug-likeness (QED) is 0.542.